The number of esters is 1. The van der Waals surface area contributed by atoms with E-state index in [9.17, 15) is 9.59 Å². The first-order chi connectivity index (χ1) is 13.1. The van der Waals surface area contributed by atoms with Crippen molar-refractivity contribution in [2.75, 3.05) is 40.0 Å². The average Bonchev–Trinajstić information content (AvgIpc) is 3.19. The number of ether oxygens (including phenoxy) is 2. The zero-order chi connectivity index (χ0) is 19.2. The van der Waals surface area contributed by atoms with Gasteiger partial charge in [0.25, 0.3) is 5.91 Å². The van der Waals surface area contributed by atoms with Crippen LogP contribution in [0.1, 0.15) is 36.5 Å². The molecule has 0 bridgehead atoms. The maximum absolute atomic E-state index is 12.8. The van der Waals surface area contributed by atoms with Crippen molar-refractivity contribution in [1.82, 2.24) is 10.2 Å². The average molecular weight is 388 g/mol. The smallest absolute Gasteiger partial charge is 0.348 e. The Morgan fingerprint density at radius 1 is 1.15 bits per heavy atom. The van der Waals surface area contributed by atoms with Crippen LogP contribution < -0.4 is 5.32 Å². The van der Waals surface area contributed by atoms with E-state index in [0.717, 1.165) is 30.0 Å². The molecule has 0 aliphatic carbocycles. The molecule has 0 saturated carbocycles. The quantitative estimate of drug-likeness (QED) is 0.771. The number of aryl methyl sites for hydroxylation is 1. The number of rotatable bonds is 6. The Morgan fingerprint density at radius 3 is 2.48 bits per heavy atom. The molecule has 1 atom stereocenters. The lowest BCUT2D eigenvalue weighted by Crippen LogP contribution is -2.43. The van der Waals surface area contributed by atoms with Gasteiger partial charge in [-0.3, -0.25) is 9.69 Å². The largest absolute Gasteiger partial charge is 0.465 e. The number of carbonyl (C=O) groups excluding carboxylic acids is 2. The minimum atomic E-state index is -0.428. The fraction of sp³-hybridized carbons (Fsp3) is 0.400. The molecule has 0 radical (unpaired) electrons. The van der Waals surface area contributed by atoms with E-state index in [1.165, 1.54) is 12.7 Å². The maximum Gasteiger partial charge on any atom is 0.348 e. The van der Waals surface area contributed by atoms with Crippen LogP contribution in [0.25, 0.3) is 0 Å². The molecule has 1 saturated heterocycles. The standard InChI is InChI=1S/C20H24N2O4S/c1-14-3-5-15(6-4-14)16(13-22-9-11-26-12-10-22)21-19(23)17-7-8-18(27-17)20(24)25-2/h3-8,16H,9-13H2,1-2H3,(H,21,23)/t16-/m1/s1. The molecule has 1 fully saturated rings. The van der Waals surface area contributed by atoms with Crippen LogP contribution in [0.4, 0.5) is 0 Å². The summed E-state index contributed by atoms with van der Waals surface area (Å²) in [5.74, 6) is -0.614. The van der Waals surface area contributed by atoms with Crippen LogP contribution >= 0.6 is 11.3 Å². The topological polar surface area (TPSA) is 67.9 Å². The second-order valence-corrected chi connectivity index (χ2v) is 7.59. The fourth-order valence-electron chi connectivity index (χ4n) is 2.97. The molecule has 1 amide bonds. The van der Waals surface area contributed by atoms with Gasteiger partial charge < -0.3 is 14.8 Å². The number of nitrogens with zero attached hydrogens (tertiary/aromatic N) is 1. The van der Waals surface area contributed by atoms with Gasteiger partial charge in [-0.05, 0) is 24.6 Å². The van der Waals surface area contributed by atoms with Crippen LogP contribution in [-0.2, 0) is 9.47 Å². The molecule has 1 aromatic heterocycles. The summed E-state index contributed by atoms with van der Waals surface area (Å²) in [6, 6.07) is 11.3. The first kappa shape index (κ1) is 19.5. The van der Waals surface area contributed by atoms with Gasteiger partial charge in [0.1, 0.15) is 4.88 Å². The predicted octanol–water partition coefficient (Wildman–Crippen LogP) is 2.65. The highest BCUT2D eigenvalue weighted by molar-refractivity contribution is 7.15. The van der Waals surface area contributed by atoms with Gasteiger partial charge >= 0.3 is 5.97 Å². The Hall–Kier alpha value is -2.22. The van der Waals surface area contributed by atoms with Gasteiger partial charge in [0.05, 0.1) is 31.2 Å². The summed E-state index contributed by atoms with van der Waals surface area (Å²) in [4.78, 5) is 27.6. The second kappa shape index (κ2) is 9.12. The summed E-state index contributed by atoms with van der Waals surface area (Å²) in [6.45, 7) is 5.88. The number of nitrogens with one attached hydrogen (secondary N) is 1. The number of thiophene rings is 1. The van der Waals surface area contributed by atoms with Crippen LogP contribution in [-0.4, -0.2) is 56.7 Å². The third-order valence-corrected chi connectivity index (χ3v) is 5.61. The van der Waals surface area contributed by atoms with Crippen molar-refractivity contribution >= 4 is 23.2 Å². The molecule has 1 aliphatic heterocycles. The Labute approximate surface area is 163 Å². The fourth-order valence-corrected chi connectivity index (χ4v) is 3.80. The molecule has 1 aromatic carbocycles. The van der Waals surface area contributed by atoms with Crippen LogP contribution in [0, 0.1) is 6.92 Å². The molecule has 2 aromatic rings. The van der Waals surface area contributed by atoms with Gasteiger partial charge in [-0.15, -0.1) is 11.3 Å². The molecule has 1 N–H and O–H groups in total. The number of benzene rings is 1. The molecule has 1 aliphatic rings. The second-order valence-electron chi connectivity index (χ2n) is 6.51. The molecular formula is C20H24N2O4S. The predicted molar refractivity (Wildman–Crippen MR) is 104 cm³/mol. The summed E-state index contributed by atoms with van der Waals surface area (Å²) in [5, 5.41) is 3.12. The Kier molecular flexibility index (Phi) is 6.60. The summed E-state index contributed by atoms with van der Waals surface area (Å²) in [6.07, 6.45) is 0. The first-order valence-corrected chi connectivity index (χ1v) is 9.74. The number of amides is 1. The Bertz CT molecular complexity index is 782. The van der Waals surface area contributed by atoms with E-state index in [1.54, 1.807) is 12.1 Å². The minimum absolute atomic E-state index is 0.139. The molecule has 0 spiro atoms. The van der Waals surface area contributed by atoms with Gasteiger partial charge in [0.15, 0.2) is 0 Å². The lowest BCUT2D eigenvalue weighted by atomic mass is 10.0. The van der Waals surface area contributed by atoms with Gasteiger partial charge in [0.2, 0.25) is 0 Å². The minimum Gasteiger partial charge on any atom is -0.465 e. The van der Waals surface area contributed by atoms with Crippen molar-refractivity contribution in [3.8, 4) is 0 Å². The zero-order valence-corrected chi connectivity index (χ0v) is 16.4. The Balaban J connectivity index is 1.75. The van der Waals surface area contributed by atoms with E-state index >= 15 is 0 Å². The third kappa shape index (κ3) is 5.15. The van der Waals surface area contributed by atoms with Crippen LogP contribution in [0.2, 0.25) is 0 Å². The van der Waals surface area contributed by atoms with E-state index < -0.39 is 5.97 Å². The summed E-state index contributed by atoms with van der Waals surface area (Å²) in [7, 11) is 1.33. The molecule has 3 rings (SSSR count). The van der Waals surface area contributed by atoms with Gasteiger partial charge in [0, 0.05) is 19.6 Å². The Morgan fingerprint density at radius 2 is 1.81 bits per heavy atom. The van der Waals surface area contributed by atoms with Crippen LogP contribution in [0.5, 0.6) is 0 Å². The third-order valence-electron chi connectivity index (χ3n) is 4.55. The van der Waals surface area contributed by atoms with E-state index in [2.05, 4.69) is 22.3 Å². The zero-order valence-electron chi connectivity index (χ0n) is 15.6. The van der Waals surface area contributed by atoms with Crippen molar-refractivity contribution in [2.45, 2.75) is 13.0 Å². The normalized spacial score (nSPS) is 15.9. The molecule has 27 heavy (non-hydrogen) atoms. The van der Waals surface area contributed by atoms with Gasteiger partial charge in [-0.25, -0.2) is 4.79 Å². The molecule has 144 valence electrons. The van der Waals surface area contributed by atoms with Crippen LogP contribution in [0.3, 0.4) is 0 Å². The monoisotopic (exact) mass is 388 g/mol. The molecule has 2 heterocycles. The van der Waals surface area contributed by atoms with E-state index in [1.807, 2.05) is 19.1 Å². The summed E-state index contributed by atoms with van der Waals surface area (Å²) in [5.41, 5.74) is 2.24. The van der Waals surface area contributed by atoms with Gasteiger partial charge in [-0.2, -0.15) is 0 Å². The first-order valence-electron chi connectivity index (χ1n) is 8.92. The highest BCUT2D eigenvalue weighted by Gasteiger charge is 2.22. The van der Waals surface area contributed by atoms with Crippen molar-refractivity contribution in [2.24, 2.45) is 0 Å². The maximum atomic E-state index is 12.8. The van der Waals surface area contributed by atoms with Crippen molar-refractivity contribution in [3.63, 3.8) is 0 Å². The molecule has 0 unspecified atom stereocenters. The lowest BCUT2D eigenvalue weighted by Gasteiger charge is -2.31. The van der Waals surface area contributed by atoms with Crippen LogP contribution in [0.15, 0.2) is 36.4 Å². The van der Waals surface area contributed by atoms with Crippen molar-refractivity contribution in [3.05, 3.63) is 57.3 Å². The molecule has 6 nitrogen and oxygen atoms in total. The van der Waals surface area contributed by atoms with Crippen molar-refractivity contribution in [1.29, 1.82) is 0 Å². The summed E-state index contributed by atoms with van der Waals surface area (Å²) < 4.78 is 10.1. The van der Waals surface area contributed by atoms with E-state index in [0.29, 0.717) is 29.5 Å². The van der Waals surface area contributed by atoms with E-state index in [-0.39, 0.29) is 11.9 Å². The van der Waals surface area contributed by atoms with Gasteiger partial charge in [-0.1, -0.05) is 29.8 Å². The highest BCUT2D eigenvalue weighted by atomic mass is 32.1. The lowest BCUT2D eigenvalue weighted by molar-refractivity contribution is 0.0332. The van der Waals surface area contributed by atoms with Crippen molar-refractivity contribution < 1.29 is 19.1 Å². The SMILES string of the molecule is COC(=O)c1ccc(C(=O)N[C@H](CN2CCOCC2)c2ccc(C)cc2)s1. The van der Waals surface area contributed by atoms with E-state index in [4.69, 9.17) is 9.47 Å². The number of morpholine rings is 1. The number of carbonyl (C=O) groups is 2. The molecule has 7 heteroatoms. The highest BCUT2D eigenvalue weighted by Crippen LogP contribution is 2.21. The number of hydrogen-bond acceptors (Lipinski definition) is 6. The number of hydrogen-bond donors (Lipinski definition) is 1. The number of methoxy groups -OCH3 is 1. The molecular weight excluding hydrogens is 364 g/mol. The summed E-state index contributed by atoms with van der Waals surface area (Å²) >= 11 is 1.14.